The molecule has 0 aliphatic carbocycles. The fourth-order valence-corrected chi connectivity index (χ4v) is 2.55. The van der Waals surface area contributed by atoms with Crippen LogP contribution in [0.15, 0.2) is 0 Å². The molecule has 134 valence electrons. The van der Waals surface area contributed by atoms with Crippen molar-refractivity contribution in [2.75, 3.05) is 19.8 Å². The van der Waals surface area contributed by atoms with Gasteiger partial charge in [0.25, 0.3) is 0 Å². The minimum absolute atomic E-state index is 0.107. The number of aliphatic hydroxyl groups excluding tert-OH is 2. The van der Waals surface area contributed by atoms with E-state index in [1.807, 2.05) is 6.92 Å². The largest absolute Gasteiger partial charge is 0.396 e. The number of hydrogen-bond acceptors (Lipinski definition) is 6. The van der Waals surface area contributed by atoms with Gasteiger partial charge in [-0.1, -0.05) is 13.8 Å². The van der Waals surface area contributed by atoms with Crippen LogP contribution < -0.4 is 0 Å². The van der Waals surface area contributed by atoms with Crippen molar-refractivity contribution in [3.63, 3.8) is 0 Å². The van der Waals surface area contributed by atoms with E-state index in [2.05, 4.69) is 0 Å². The number of carbonyl (C=O) groups is 2. The molecule has 0 unspecified atom stereocenters. The number of Topliss-reactive ketones (excluding diaryl/α,β-unsaturated/α-hetero) is 2. The second kappa shape index (κ2) is 8.87. The number of aliphatic hydroxyl groups is 2. The summed E-state index contributed by atoms with van der Waals surface area (Å²) in [4.78, 5) is 23.7. The fourth-order valence-electron chi connectivity index (χ4n) is 2.55. The van der Waals surface area contributed by atoms with Gasteiger partial charge < -0.3 is 19.7 Å². The normalized spacial score (nSPS) is 18.8. The Bertz CT molecular complexity index is 398. The van der Waals surface area contributed by atoms with Gasteiger partial charge in [-0.25, -0.2) is 0 Å². The molecule has 1 heterocycles. The molecule has 1 fully saturated rings. The first-order chi connectivity index (χ1) is 10.7. The first-order valence-corrected chi connectivity index (χ1v) is 8.31. The lowest BCUT2D eigenvalue weighted by atomic mass is 9.84. The van der Waals surface area contributed by atoms with E-state index in [1.54, 1.807) is 13.8 Å². The SMILES string of the molecule is CC1(CCCC(=O)CCCC(=O)[C@H](O)C(C)(C)CO)OCCO1. The second-order valence-electron chi connectivity index (χ2n) is 7.09. The highest BCUT2D eigenvalue weighted by molar-refractivity contribution is 5.84. The van der Waals surface area contributed by atoms with Crippen molar-refractivity contribution in [1.82, 2.24) is 0 Å². The van der Waals surface area contributed by atoms with Crippen molar-refractivity contribution in [2.45, 2.75) is 71.2 Å². The van der Waals surface area contributed by atoms with Crippen LogP contribution in [0.25, 0.3) is 0 Å². The van der Waals surface area contributed by atoms with E-state index < -0.39 is 17.3 Å². The van der Waals surface area contributed by atoms with Crippen molar-refractivity contribution >= 4 is 11.6 Å². The van der Waals surface area contributed by atoms with Gasteiger partial charge in [-0.15, -0.1) is 0 Å². The maximum Gasteiger partial charge on any atom is 0.165 e. The van der Waals surface area contributed by atoms with Crippen molar-refractivity contribution in [1.29, 1.82) is 0 Å². The van der Waals surface area contributed by atoms with Crippen LogP contribution in [0.4, 0.5) is 0 Å². The van der Waals surface area contributed by atoms with E-state index in [4.69, 9.17) is 14.6 Å². The summed E-state index contributed by atoms with van der Waals surface area (Å²) in [6.07, 6.45) is 1.54. The van der Waals surface area contributed by atoms with Crippen LogP contribution in [0.2, 0.25) is 0 Å². The van der Waals surface area contributed by atoms with Gasteiger partial charge in [0.1, 0.15) is 11.9 Å². The van der Waals surface area contributed by atoms with Crippen molar-refractivity contribution in [3.8, 4) is 0 Å². The van der Waals surface area contributed by atoms with Crippen molar-refractivity contribution < 1.29 is 29.3 Å². The minimum Gasteiger partial charge on any atom is -0.396 e. The van der Waals surface area contributed by atoms with Gasteiger partial charge >= 0.3 is 0 Å². The predicted molar refractivity (Wildman–Crippen MR) is 84.9 cm³/mol. The summed E-state index contributed by atoms with van der Waals surface area (Å²) in [5, 5.41) is 19.0. The summed E-state index contributed by atoms with van der Waals surface area (Å²) in [5.41, 5.74) is -0.849. The number of rotatable bonds is 11. The van der Waals surface area contributed by atoms with Crippen LogP contribution in [0.5, 0.6) is 0 Å². The Morgan fingerprint density at radius 2 is 1.70 bits per heavy atom. The number of carbonyl (C=O) groups excluding carboxylic acids is 2. The quantitative estimate of drug-likeness (QED) is 0.598. The summed E-state index contributed by atoms with van der Waals surface area (Å²) < 4.78 is 11.0. The molecule has 0 saturated carbocycles. The molecule has 23 heavy (non-hydrogen) atoms. The van der Waals surface area contributed by atoms with Gasteiger partial charge in [0.05, 0.1) is 19.8 Å². The molecule has 6 nitrogen and oxygen atoms in total. The van der Waals surface area contributed by atoms with Gasteiger partial charge in [0.15, 0.2) is 11.6 Å². The average molecular weight is 330 g/mol. The first kappa shape index (κ1) is 20.2. The highest BCUT2D eigenvalue weighted by Crippen LogP contribution is 2.25. The maximum atomic E-state index is 11.9. The lowest BCUT2D eigenvalue weighted by molar-refractivity contribution is -0.148. The first-order valence-electron chi connectivity index (χ1n) is 8.31. The van der Waals surface area contributed by atoms with Crippen LogP contribution in [0.3, 0.4) is 0 Å². The van der Waals surface area contributed by atoms with Crippen LogP contribution in [-0.4, -0.2) is 53.5 Å². The monoisotopic (exact) mass is 330 g/mol. The molecule has 0 radical (unpaired) electrons. The molecular weight excluding hydrogens is 300 g/mol. The highest BCUT2D eigenvalue weighted by Gasteiger charge is 2.32. The Morgan fingerprint density at radius 3 is 2.26 bits per heavy atom. The molecule has 2 N–H and O–H groups in total. The molecule has 0 amide bonds. The molecule has 1 atom stereocenters. The highest BCUT2D eigenvalue weighted by atomic mass is 16.7. The van der Waals surface area contributed by atoms with Crippen LogP contribution in [-0.2, 0) is 19.1 Å². The van der Waals surface area contributed by atoms with E-state index in [-0.39, 0.29) is 24.6 Å². The summed E-state index contributed by atoms with van der Waals surface area (Å²) in [5.74, 6) is -0.775. The van der Waals surface area contributed by atoms with Gasteiger partial charge in [0, 0.05) is 31.1 Å². The van der Waals surface area contributed by atoms with E-state index in [0.29, 0.717) is 45.3 Å². The van der Waals surface area contributed by atoms with Crippen molar-refractivity contribution in [3.05, 3.63) is 0 Å². The molecule has 0 spiro atoms. The van der Waals surface area contributed by atoms with Crippen LogP contribution in [0, 0.1) is 5.41 Å². The molecule has 1 saturated heterocycles. The molecule has 1 rings (SSSR count). The summed E-state index contributed by atoms with van der Waals surface area (Å²) in [7, 11) is 0. The summed E-state index contributed by atoms with van der Waals surface area (Å²) in [6.45, 7) is 6.08. The molecule has 1 aliphatic rings. The second-order valence-corrected chi connectivity index (χ2v) is 7.09. The smallest absolute Gasteiger partial charge is 0.165 e. The zero-order chi connectivity index (χ0) is 17.5. The van der Waals surface area contributed by atoms with Gasteiger partial charge in [-0.2, -0.15) is 0 Å². The summed E-state index contributed by atoms with van der Waals surface area (Å²) >= 11 is 0. The van der Waals surface area contributed by atoms with E-state index in [1.165, 1.54) is 0 Å². The third kappa shape index (κ3) is 6.67. The standard InChI is InChI=1S/C17H30O6/c1-16(2,12-18)15(21)14(20)8-4-6-13(19)7-5-9-17(3)22-10-11-23-17/h15,18,21H,4-12H2,1-3H3/t15-/m0/s1. The van der Waals surface area contributed by atoms with Gasteiger partial charge in [-0.05, 0) is 19.8 Å². The van der Waals surface area contributed by atoms with Crippen LogP contribution in [0.1, 0.15) is 59.3 Å². The van der Waals surface area contributed by atoms with E-state index in [0.717, 1.165) is 0 Å². The Hall–Kier alpha value is -0.820. The van der Waals surface area contributed by atoms with Crippen molar-refractivity contribution in [2.24, 2.45) is 5.41 Å². The number of ketones is 2. The number of ether oxygens (including phenoxy) is 2. The third-order valence-corrected chi connectivity index (χ3v) is 4.32. The minimum atomic E-state index is -1.20. The Kier molecular flexibility index (Phi) is 7.80. The third-order valence-electron chi connectivity index (χ3n) is 4.32. The molecule has 0 aromatic rings. The average Bonchev–Trinajstić information content (AvgIpc) is 2.93. The summed E-state index contributed by atoms with van der Waals surface area (Å²) in [6, 6.07) is 0. The Morgan fingerprint density at radius 1 is 1.13 bits per heavy atom. The molecule has 0 aromatic carbocycles. The van der Waals surface area contributed by atoms with Gasteiger partial charge in [-0.3, -0.25) is 9.59 Å². The molecule has 0 bridgehead atoms. The Balaban J connectivity index is 2.17. The Labute approximate surface area is 138 Å². The molecular formula is C17H30O6. The zero-order valence-corrected chi connectivity index (χ0v) is 14.5. The molecule has 0 aromatic heterocycles. The number of hydrogen-bond donors (Lipinski definition) is 2. The lowest BCUT2D eigenvalue weighted by Crippen LogP contribution is -2.39. The predicted octanol–water partition coefficient (Wildman–Crippen LogP) is 1.61. The molecule has 1 aliphatic heterocycles. The van der Waals surface area contributed by atoms with E-state index >= 15 is 0 Å². The topological polar surface area (TPSA) is 93.1 Å². The maximum absolute atomic E-state index is 11.9. The molecule has 6 heteroatoms. The lowest BCUT2D eigenvalue weighted by Gasteiger charge is -2.27. The van der Waals surface area contributed by atoms with Gasteiger partial charge in [0.2, 0.25) is 0 Å². The zero-order valence-electron chi connectivity index (χ0n) is 14.5. The van der Waals surface area contributed by atoms with Crippen LogP contribution >= 0.6 is 0 Å². The fraction of sp³-hybridized carbons (Fsp3) is 0.882. The van der Waals surface area contributed by atoms with E-state index in [9.17, 15) is 14.7 Å².